The molecule has 1 aromatic carbocycles. The van der Waals surface area contributed by atoms with E-state index in [0.29, 0.717) is 25.0 Å². The fourth-order valence-electron chi connectivity index (χ4n) is 2.34. The van der Waals surface area contributed by atoms with Gasteiger partial charge in [-0.2, -0.15) is 0 Å². The molecular weight excluding hydrogens is 419 g/mol. The summed E-state index contributed by atoms with van der Waals surface area (Å²) in [7, 11) is 0. The molecule has 1 aliphatic carbocycles. The third-order valence-corrected chi connectivity index (χ3v) is 4.01. The smallest absolute Gasteiger partial charge is 0.407 e. The highest BCUT2D eigenvalue weighted by atomic mass is 127. The van der Waals surface area contributed by atoms with E-state index in [9.17, 15) is 4.79 Å². The Morgan fingerprint density at radius 3 is 2.67 bits per heavy atom. The van der Waals surface area contributed by atoms with Crippen molar-refractivity contribution in [2.24, 2.45) is 16.6 Å². The fraction of sp³-hybridized carbons (Fsp3) is 0.529. The molecule has 0 aliphatic heterocycles. The van der Waals surface area contributed by atoms with Crippen LogP contribution in [-0.2, 0) is 4.74 Å². The van der Waals surface area contributed by atoms with Gasteiger partial charge in [0.1, 0.15) is 0 Å². The van der Waals surface area contributed by atoms with Crippen molar-refractivity contribution >= 4 is 41.7 Å². The molecule has 0 bridgehead atoms. The minimum atomic E-state index is -0.389. The predicted molar refractivity (Wildman–Crippen MR) is 108 cm³/mol. The maximum absolute atomic E-state index is 11.6. The van der Waals surface area contributed by atoms with Gasteiger partial charge < -0.3 is 21.1 Å². The number of ether oxygens (including phenoxy) is 1. The molecule has 1 atom stereocenters. The van der Waals surface area contributed by atoms with Crippen LogP contribution in [0.5, 0.6) is 0 Å². The molecule has 1 aliphatic rings. The number of carbonyl (C=O) groups is 1. The van der Waals surface area contributed by atoms with Gasteiger partial charge in [0.2, 0.25) is 0 Å². The Balaban J connectivity index is 0.00000288. The molecule has 4 N–H and O–H groups in total. The molecule has 2 rings (SSSR count). The second-order valence-electron chi connectivity index (χ2n) is 5.96. The SMILES string of the molecule is CCOC(=O)NC(CN=C(N)Nc1ccc(C)c(C)c1)C1CC1.I. The molecule has 1 aromatic rings. The first-order valence-corrected chi connectivity index (χ1v) is 8.07. The molecule has 0 saturated heterocycles. The first-order valence-electron chi connectivity index (χ1n) is 8.07. The van der Waals surface area contributed by atoms with Crippen LogP contribution in [0.4, 0.5) is 10.5 Å². The van der Waals surface area contributed by atoms with E-state index in [-0.39, 0.29) is 36.1 Å². The van der Waals surface area contributed by atoms with E-state index in [4.69, 9.17) is 10.5 Å². The number of nitrogens with two attached hydrogens (primary N) is 1. The van der Waals surface area contributed by atoms with E-state index in [2.05, 4.69) is 29.5 Å². The van der Waals surface area contributed by atoms with Gasteiger partial charge in [-0.3, -0.25) is 4.99 Å². The van der Waals surface area contributed by atoms with E-state index in [1.165, 1.54) is 11.1 Å². The molecule has 1 fully saturated rings. The predicted octanol–water partition coefficient (Wildman–Crippen LogP) is 3.17. The Hall–Kier alpha value is -1.51. The van der Waals surface area contributed by atoms with Gasteiger partial charge in [-0.25, -0.2) is 4.79 Å². The summed E-state index contributed by atoms with van der Waals surface area (Å²) in [5.74, 6) is 0.821. The number of alkyl carbamates (subject to hydrolysis) is 1. The highest BCUT2D eigenvalue weighted by Gasteiger charge is 2.32. The quantitative estimate of drug-likeness (QED) is 0.356. The van der Waals surface area contributed by atoms with Crippen LogP contribution in [0.1, 0.15) is 30.9 Å². The third kappa shape index (κ3) is 6.54. The zero-order chi connectivity index (χ0) is 16.8. The van der Waals surface area contributed by atoms with E-state index >= 15 is 0 Å². The van der Waals surface area contributed by atoms with Gasteiger partial charge in [0, 0.05) is 5.69 Å². The third-order valence-electron chi connectivity index (χ3n) is 4.01. The number of guanidine groups is 1. The highest BCUT2D eigenvalue weighted by molar-refractivity contribution is 14.0. The standard InChI is InChI=1S/C17H26N4O2.HI/c1-4-23-17(22)21-15(13-6-7-13)10-19-16(18)20-14-8-5-11(2)12(3)9-14;/h5,8-9,13,15H,4,6-7,10H2,1-3H3,(H,21,22)(H3,18,19,20);1H. The fourth-order valence-corrected chi connectivity index (χ4v) is 2.34. The molecule has 1 unspecified atom stereocenters. The first-order chi connectivity index (χ1) is 11.0. The normalized spacial score (nSPS) is 15.2. The van der Waals surface area contributed by atoms with Crippen molar-refractivity contribution in [3.8, 4) is 0 Å². The number of aliphatic imine (C=N–C) groups is 1. The number of carbonyl (C=O) groups excluding carboxylic acids is 1. The highest BCUT2D eigenvalue weighted by Crippen LogP contribution is 2.32. The van der Waals surface area contributed by atoms with Gasteiger partial charge in [0.15, 0.2) is 5.96 Å². The Labute approximate surface area is 160 Å². The molecule has 7 heteroatoms. The number of rotatable bonds is 6. The molecule has 134 valence electrons. The van der Waals surface area contributed by atoms with Crippen LogP contribution in [0.15, 0.2) is 23.2 Å². The van der Waals surface area contributed by atoms with Crippen molar-refractivity contribution in [1.82, 2.24) is 5.32 Å². The van der Waals surface area contributed by atoms with Crippen LogP contribution in [0.3, 0.4) is 0 Å². The molecule has 0 heterocycles. The first kappa shape index (κ1) is 20.5. The summed E-state index contributed by atoms with van der Waals surface area (Å²) in [5, 5.41) is 5.95. The van der Waals surface area contributed by atoms with Crippen molar-refractivity contribution in [3.05, 3.63) is 29.3 Å². The van der Waals surface area contributed by atoms with Gasteiger partial charge in [-0.05, 0) is 62.8 Å². The minimum absolute atomic E-state index is 0. The number of amides is 1. The van der Waals surface area contributed by atoms with Gasteiger partial charge in [-0.15, -0.1) is 24.0 Å². The van der Waals surface area contributed by atoms with Crippen LogP contribution < -0.4 is 16.4 Å². The lowest BCUT2D eigenvalue weighted by Gasteiger charge is -2.16. The Bertz CT molecular complexity index is 588. The van der Waals surface area contributed by atoms with Crippen molar-refractivity contribution in [2.75, 3.05) is 18.5 Å². The summed E-state index contributed by atoms with van der Waals surface area (Å²) in [6, 6.07) is 6.03. The van der Waals surface area contributed by atoms with Crippen LogP contribution in [0.2, 0.25) is 0 Å². The monoisotopic (exact) mass is 446 g/mol. The maximum atomic E-state index is 11.6. The number of hydrogen-bond acceptors (Lipinski definition) is 3. The Morgan fingerprint density at radius 2 is 2.08 bits per heavy atom. The molecule has 0 spiro atoms. The number of nitrogens with zero attached hydrogens (tertiary/aromatic N) is 1. The van der Waals surface area contributed by atoms with Crippen LogP contribution in [-0.4, -0.2) is 31.2 Å². The molecule has 1 amide bonds. The summed E-state index contributed by atoms with van der Waals surface area (Å²) < 4.78 is 4.93. The van der Waals surface area contributed by atoms with Gasteiger partial charge in [0.25, 0.3) is 0 Å². The van der Waals surface area contributed by atoms with Crippen LogP contribution in [0.25, 0.3) is 0 Å². The average Bonchev–Trinajstić information content (AvgIpc) is 3.32. The number of benzene rings is 1. The zero-order valence-corrected chi connectivity index (χ0v) is 16.8. The number of aryl methyl sites for hydroxylation is 2. The lowest BCUT2D eigenvalue weighted by atomic mass is 10.1. The molecule has 1 saturated carbocycles. The molecule has 6 nitrogen and oxygen atoms in total. The van der Waals surface area contributed by atoms with Crippen molar-refractivity contribution < 1.29 is 9.53 Å². The second kappa shape index (κ2) is 9.71. The second-order valence-corrected chi connectivity index (χ2v) is 5.96. The summed E-state index contributed by atoms with van der Waals surface area (Å²) in [6.45, 7) is 6.73. The van der Waals surface area contributed by atoms with E-state index in [1.54, 1.807) is 6.92 Å². The Morgan fingerprint density at radius 1 is 1.38 bits per heavy atom. The van der Waals surface area contributed by atoms with Gasteiger partial charge >= 0.3 is 6.09 Å². The number of halogens is 1. The van der Waals surface area contributed by atoms with Gasteiger partial charge in [-0.1, -0.05) is 6.07 Å². The molecule has 24 heavy (non-hydrogen) atoms. The van der Waals surface area contributed by atoms with Crippen LogP contribution in [0, 0.1) is 19.8 Å². The summed E-state index contributed by atoms with van der Waals surface area (Å²) in [4.78, 5) is 15.9. The summed E-state index contributed by atoms with van der Waals surface area (Å²) in [6.07, 6.45) is 1.83. The topological polar surface area (TPSA) is 88.7 Å². The largest absolute Gasteiger partial charge is 0.450 e. The minimum Gasteiger partial charge on any atom is -0.450 e. The number of hydrogen-bond donors (Lipinski definition) is 3. The van der Waals surface area contributed by atoms with Crippen molar-refractivity contribution in [1.29, 1.82) is 0 Å². The average molecular weight is 446 g/mol. The van der Waals surface area contributed by atoms with Crippen LogP contribution >= 0.6 is 24.0 Å². The van der Waals surface area contributed by atoms with Gasteiger partial charge in [0.05, 0.1) is 19.2 Å². The van der Waals surface area contributed by atoms with E-state index in [1.807, 2.05) is 18.2 Å². The Kier molecular flexibility index (Phi) is 8.30. The van der Waals surface area contributed by atoms with Crippen molar-refractivity contribution in [3.63, 3.8) is 0 Å². The maximum Gasteiger partial charge on any atom is 0.407 e. The lowest BCUT2D eigenvalue weighted by molar-refractivity contribution is 0.147. The number of nitrogens with one attached hydrogen (secondary N) is 2. The lowest BCUT2D eigenvalue weighted by Crippen LogP contribution is -2.39. The summed E-state index contributed by atoms with van der Waals surface area (Å²) >= 11 is 0. The number of anilines is 1. The molecule has 0 aromatic heterocycles. The van der Waals surface area contributed by atoms with Crippen molar-refractivity contribution in [2.45, 2.75) is 39.7 Å². The summed E-state index contributed by atoms with van der Waals surface area (Å²) in [5.41, 5.74) is 9.29. The zero-order valence-electron chi connectivity index (χ0n) is 14.5. The van der Waals surface area contributed by atoms with E-state index in [0.717, 1.165) is 18.5 Å². The van der Waals surface area contributed by atoms with E-state index < -0.39 is 0 Å². The molecule has 0 radical (unpaired) electrons. The molecular formula is C17H27IN4O2.